The summed E-state index contributed by atoms with van der Waals surface area (Å²) in [5.41, 5.74) is 6.94. The number of anilines is 6. The Morgan fingerprint density at radius 1 is 0.462 bits per heavy atom. The molecular formula is C34H20N2O2S. The van der Waals surface area contributed by atoms with Gasteiger partial charge in [-0.05, 0) is 60.0 Å². The summed E-state index contributed by atoms with van der Waals surface area (Å²) in [5, 5.41) is 2.47. The van der Waals surface area contributed by atoms with Crippen LogP contribution in [0.2, 0.25) is 0 Å². The Morgan fingerprint density at radius 2 is 1.03 bits per heavy atom. The van der Waals surface area contributed by atoms with E-state index < -0.39 is 10.9 Å². The maximum Gasteiger partial charge on any atom is 0.152 e. The second-order valence-corrected chi connectivity index (χ2v) is 12.3. The highest BCUT2D eigenvalue weighted by molar-refractivity contribution is 8.17. The van der Waals surface area contributed by atoms with Crippen LogP contribution in [-0.4, -0.2) is 0 Å². The Kier molecular flexibility index (Phi) is 3.59. The molecule has 0 aromatic heterocycles. The zero-order valence-electron chi connectivity index (χ0n) is 20.6. The van der Waals surface area contributed by atoms with Crippen molar-refractivity contribution in [1.82, 2.24) is 0 Å². The smallest absolute Gasteiger partial charge is 0.152 e. The van der Waals surface area contributed by atoms with Crippen LogP contribution in [0.15, 0.2) is 130 Å². The standard InChI is InChI=1S/C34H20N2O2S/c1-2-10-21-20(9-1)19-24-34-31(21)36-23-12-4-6-14-26(23)38-28-16-8-18-30(33(28)36)39(34)29-17-7-15-27-32(29)35(24)22-11-3-5-13-25(22)37-27/h1-19,39H. The molecule has 0 spiro atoms. The van der Waals surface area contributed by atoms with Crippen molar-refractivity contribution in [3.05, 3.63) is 115 Å². The van der Waals surface area contributed by atoms with Gasteiger partial charge in [-0.3, -0.25) is 0 Å². The highest BCUT2D eigenvalue weighted by Gasteiger charge is 2.45. The molecule has 1 atom stereocenters. The Bertz CT molecular complexity index is 2060. The van der Waals surface area contributed by atoms with E-state index in [1.165, 1.54) is 36.8 Å². The van der Waals surface area contributed by atoms with E-state index in [1.807, 2.05) is 12.1 Å². The first kappa shape index (κ1) is 20.1. The number of para-hydroxylation sites is 6. The first-order valence-corrected chi connectivity index (χ1v) is 14.5. The Labute approximate surface area is 227 Å². The summed E-state index contributed by atoms with van der Waals surface area (Å²) < 4.78 is 13.1. The maximum atomic E-state index is 6.54. The van der Waals surface area contributed by atoms with Gasteiger partial charge in [-0.25, -0.2) is 0 Å². The fraction of sp³-hybridized carbons (Fsp3) is 0. The minimum atomic E-state index is -0.875. The molecule has 0 bridgehead atoms. The third kappa shape index (κ3) is 2.38. The van der Waals surface area contributed by atoms with Crippen LogP contribution in [0, 0.1) is 0 Å². The normalized spacial score (nSPS) is 17.2. The summed E-state index contributed by atoms with van der Waals surface area (Å²) >= 11 is 0. The fourth-order valence-corrected chi connectivity index (χ4v) is 9.59. The molecule has 6 aromatic rings. The van der Waals surface area contributed by atoms with Crippen LogP contribution in [-0.2, 0) is 0 Å². The largest absolute Gasteiger partial charge is 0.453 e. The zero-order chi connectivity index (χ0) is 25.2. The summed E-state index contributed by atoms with van der Waals surface area (Å²) in [6, 6.07) is 41.0. The minimum Gasteiger partial charge on any atom is -0.453 e. The van der Waals surface area contributed by atoms with E-state index >= 15 is 0 Å². The molecule has 0 saturated heterocycles. The van der Waals surface area contributed by atoms with Crippen LogP contribution in [0.3, 0.4) is 0 Å². The van der Waals surface area contributed by atoms with Crippen molar-refractivity contribution < 1.29 is 9.47 Å². The SMILES string of the molecule is c1ccc2c(c1)Oc1cccc3c1N2c1cc2ccccc2c2c1[SH]3c1cccc3c1N2c1ccccc1O3. The summed E-state index contributed by atoms with van der Waals surface area (Å²) in [5.74, 6) is 3.57. The van der Waals surface area contributed by atoms with Crippen LogP contribution in [0.25, 0.3) is 10.8 Å². The van der Waals surface area contributed by atoms with E-state index in [-0.39, 0.29) is 0 Å². The summed E-state index contributed by atoms with van der Waals surface area (Å²) in [4.78, 5) is 8.91. The molecule has 0 aliphatic carbocycles. The lowest BCUT2D eigenvalue weighted by molar-refractivity contribution is 0.474. The van der Waals surface area contributed by atoms with Gasteiger partial charge in [0.05, 0.1) is 22.7 Å². The van der Waals surface area contributed by atoms with Gasteiger partial charge in [-0.2, -0.15) is 10.9 Å². The van der Waals surface area contributed by atoms with Crippen molar-refractivity contribution in [2.45, 2.75) is 14.7 Å². The van der Waals surface area contributed by atoms with Crippen LogP contribution >= 0.6 is 10.9 Å². The van der Waals surface area contributed by atoms with Crippen LogP contribution < -0.4 is 19.3 Å². The lowest BCUT2D eigenvalue weighted by atomic mass is 10.0. The zero-order valence-corrected chi connectivity index (χ0v) is 21.5. The molecule has 0 amide bonds. The summed E-state index contributed by atoms with van der Waals surface area (Å²) in [6.45, 7) is 0. The van der Waals surface area contributed by atoms with Crippen LogP contribution in [0.1, 0.15) is 0 Å². The number of thiol groups is 1. The van der Waals surface area contributed by atoms with Crippen molar-refractivity contribution >= 4 is 55.8 Å². The number of fused-ring (bicyclic) bond motifs is 10. The molecule has 184 valence electrons. The number of rotatable bonds is 0. The summed E-state index contributed by atoms with van der Waals surface area (Å²) in [7, 11) is -0.875. The third-order valence-corrected chi connectivity index (χ3v) is 10.8. The molecule has 0 radical (unpaired) electrons. The average Bonchev–Trinajstić information content (AvgIpc) is 2.99. The van der Waals surface area contributed by atoms with Crippen molar-refractivity contribution in [2.75, 3.05) is 9.80 Å². The van der Waals surface area contributed by atoms with Gasteiger partial charge >= 0.3 is 0 Å². The van der Waals surface area contributed by atoms with Gasteiger partial charge in [0.25, 0.3) is 0 Å². The lowest BCUT2D eigenvalue weighted by Gasteiger charge is -2.49. The van der Waals surface area contributed by atoms with Crippen LogP contribution in [0.4, 0.5) is 34.1 Å². The van der Waals surface area contributed by atoms with Gasteiger partial charge in [0.1, 0.15) is 11.4 Å². The van der Waals surface area contributed by atoms with E-state index in [2.05, 4.69) is 113 Å². The van der Waals surface area contributed by atoms with Gasteiger partial charge < -0.3 is 19.3 Å². The Balaban J connectivity index is 1.42. The molecular weight excluding hydrogens is 500 g/mol. The highest BCUT2D eigenvalue weighted by Crippen LogP contribution is 2.75. The highest BCUT2D eigenvalue weighted by atomic mass is 32.2. The predicted octanol–water partition coefficient (Wildman–Crippen LogP) is 10.1. The molecule has 5 heteroatoms. The lowest BCUT2D eigenvalue weighted by Crippen LogP contribution is -2.27. The Hall–Kier alpha value is -4.87. The molecule has 10 rings (SSSR count). The molecule has 39 heavy (non-hydrogen) atoms. The van der Waals surface area contributed by atoms with Gasteiger partial charge in [0.2, 0.25) is 0 Å². The van der Waals surface area contributed by atoms with Crippen molar-refractivity contribution in [3.8, 4) is 23.0 Å². The first-order chi connectivity index (χ1) is 19.4. The molecule has 0 saturated carbocycles. The molecule has 4 nitrogen and oxygen atoms in total. The molecule has 0 fully saturated rings. The van der Waals surface area contributed by atoms with Crippen LogP contribution in [0.5, 0.6) is 23.0 Å². The van der Waals surface area contributed by atoms with Crippen molar-refractivity contribution in [2.24, 2.45) is 0 Å². The molecule has 4 aliphatic heterocycles. The summed E-state index contributed by atoms with van der Waals surface area (Å²) in [6.07, 6.45) is 0. The van der Waals surface area contributed by atoms with E-state index in [4.69, 9.17) is 9.47 Å². The topological polar surface area (TPSA) is 24.9 Å². The average molecular weight is 521 g/mol. The van der Waals surface area contributed by atoms with E-state index in [9.17, 15) is 0 Å². The third-order valence-electron chi connectivity index (χ3n) is 8.20. The molecule has 4 aliphatic rings. The molecule has 6 aromatic carbocycles. The van der Waals surface area contributed by atoms with E-state index in [0.29, 0.717) is 0 Å². The monoisotopic (exact) mass is 520 g/mol. The minimum absolute atomic E-state index is 0.875. The van der Waals surface area contributed by atoms with Gasteiger partial charge in [-0.15, -0.1) is 0 Å². The fourth-order valence-electron chi connectivity index (χ4n) is 6.70. The second-order valence-electron chi connectivity index (χ2n) is 10.2. The van der Waals surface area contributed by atoms with Gasteiger partial charge in [0, 0.05) is 20.1 Å². The number of benzene rings is 6. The maximum absolute atomic E-state index is 6.54. The van der Waals surface area contributed by atoms with E-state index in [0.717, 1.165) is 45.7 Å². The predicted molar refractivity (Wildman–Crippen MR) is 157 cm³/mol. The van der Waals surface area contributed by atoms with E-state index in [1.54, 1.807) is 0 Å². The number of nitrogens with zero attached hydrogens (tertiary/aromatic N) is 2. The Morgan fingerprint density at radius 3 is 1.74 bits per heavy atom. The second kappa shape index (κ2) is 6.95. The number of ether oxygens (including phenoxy) is 2. The molecule has 1 unspecified atom stereocenters. The quantitative estimate of drug-likeness (QED) is 0.201. The molecule has 4 heterocycles. The van der Waals surface area contributed by atoms with Crippen molar-refractivity contribution in [1.29, 1.82) is 0 Å². The van der Waals surface area contributed by atoms with Gasteiger partial charge in [-0.1, -0.05) is 60.7 Å². The first-order valence-electron chi connectivity index (χ1n) is 13.1. The number of hydrogen-bond acceptors (Lipinski definition) is 4. The van der Waals surface area contributed by atoms with Crippen molar-refractivity contribution in [3.63, 3.8) is 0 Å². The molecule has 0 N–H and O–H groups in total. The number of hydrogen-bond donors (Lipinski definition) is 1. The van der Waals surface area contributed by atoms with Gasteiger partial charge in [0.15, 0.2) is 23.0 Å².